The average molecular weight is 1270 g/mol. The predicted octanol–water partition coefficient (Wildman–Crippen LogP) is 11.7. The number of phosphoric ester groups is 1. The Morgan fingerprint density at radius 1 is 0.604 bits per heavy atom. The van der Waals surface area contributed by atoms with E-state index in [0.717, 1.165) is 5.56 Å². The number of amides is 2. The molecule has 2 N–H and O–H groups in total. The monoisotopic (exact) mass is 1260 g/mol. The van der Waals surface area contributed by atoms with E-state index in [1.54, 1.807) is 110 Å². The van der Waals surface area contributed by atoms with Crippen LogP contribution in [0.3, 0.4) is 0 Å². The lowest BCUT2D eigenvalue weighted by Crippen LogP contribution is -2.38. The van der Waals surface area contributed by atoms with Crippen LogP contribution in [0, 0.1) is 0 Å². The molecule has 2 amide bonds. The number of hydrogen-bond donors (Lipinski definition) is 2. The maximum absolute atomic E-state index is 16.0. The first kappa shape index (κ1) is 61.3. The Bertz CT molecular complexity index is 4230. The third kappa shape index (κ3) is 13.8. The zero-order valence-electron chi connectivity index (χ0n) is 48.8. The maximum Gasteiger partial charge on any atom is 0.530 e. The molecule has 0 bridgehead atoms. The van der Waals surface area contributed by atoms with Gasteiger partial charge in [0.2, 0.25) is 0 Å². The van der Waals surface area contributed by atoms with Gasteiger partial charge in [0.25, 0.3) is 11.8 Å². The van der Waals surface area contributed by atoms with Gasteiger partial charge in [0, 0.05) is 35.2 Å². The van der Waals surface area contributed by atoms with E-state index >= 15 is 4.57 Å². The summed E-state index contributed by atoms with van der Waals surface area (Å²) in [5.74, 6) is -0.238. The summed E-state index contributed by atoms with van der Waals surface area (Å²) in [4.78, 5) is 71.8. The lowest BCUT2D eigenvalue weighted by molar-refractivity contribution is -0.0938. The van der Waals surface area contributed by atoms with Crippen LogP contribution in [0.25, 0.3) is 11.2 Å². The van der Waals surface area contributed by atoms with Gasteiger partial charge in [0.15, 0.2) is 17.0 Å². The lowest BCUT2D eigenvalue weighted by Gasteiger charge is -2.37. The van der Waals surface area contributed by atoms with Gasteiger partial charge < -0.3 is 43.6 Å². The van der Waals surface area contributed by atoms with Gasteiger partial charge in [0.1, 0.15) is 71.9 Å². The number of nitrogens with zero attached hydrogens (tertiary/aromatic N) is 6. The van der Waals surface area contributed by atoms with Crippen LogP contribution in [0.4, 0.5) is 11.6 Å². The molecule has 3 aromatic heterocycles. The van der Waals surface area contributed by atoms with E-state index in [4.69, 9.17) is 53.6 Å². The molecule has 7 atom stereocenters. The van der Waals surface area contributed by atoms with E-state index in [-0.39, 0.29) is 53.6 Å². The molecule has 12 rings (SSSR count). The van der Waals surface area contributed by atoms with Gasteiger partial charge in [-0.2, -0.15) is 4.98 Å². The minimum Gasteiger partial charge on any atom is -0.497 e. The fourth-order valence-corrected chi connectivity index (χ4v) is 12.3. The van der Waals surface area contributed by atoms with Crippen molar-refractivity contribution >= 4 is 60.0 Å². The fraction of sp³-hybridized carbons (Fsp3) is 0.194. The number of benzene rings is 7. The third-order valence-electron chi connectivity index (χ3n) is 15.3. The number of nitrogens with one attached hydrogen (secondary N) is 2. The van der Waals surface area contributed by atoms with Crippen molar-refractivity contribution < 1.29 is 60.9 Å². The van der Waals surface area contributed by atoms with Gasteiger partial charge in [-0.15, -0.1) is 0 Å². The van der Waals surface area contributed by atoms with Gasteiger partial charge in [-0.25, -0.2) is 29.1 Å². The Hall–Kier alpha value is -9.90. The topological polar surface area (TPSA) is 254 Å². The minimum atomic E-state index is -4.97. The summed E-state index contributed by atoms with van der Waals surface area (Å²) in [6, 6.07) is 57.4. The molecule has 0 saturated carbocycles. The number of ether oxygens (including phenoxy) is 6. The smallest absolute Gasteiger partial charge is 0.497 e. The van der Waals surface area contributed by atoms with E-state index in [1.807, 2.05) is 78.9 Å². The molecule has 2 aliphatic heterocycles. The number of halogens is 1. The van der Waals surface area contributed by atoms with Crippen LogP contribution in [0.1, 0.15) is 73.1 Å². The number of anilines is 2. The predicted molar refractivity (Wildman–Crippen MR) is 334 cm³/mol. The van der Waals surface area contributed by atoms with Gasteiger partial charge in [0.05, 0.1) is 39.3 Å². The van der Waals surface area contributed by atoms with Crippen LogP contribution in [-0.2, 0) is 38.2 Å². The number of phosphoric acid groups is 1. The number of hydrogen-bond acceptors (Lipinski definition) is 18. The number of esters is 1. The highest BCUT2D eigenvalue weighted by atomic mass is 35.5. The molecule has 0 radical (unpaired) electrons. The van der Waals surface area contributed by atoms with Gasteiger partial charge in [-0.3, -0.25) is 27.8 Å². The highest BCUT2D eigenvalue weighted by Crippen LogP contribution is 2.55. The number of fused-ring (bicyclic) bond motifs is 1. The normalized spacial score (nSPS) is 18.6. The molecule has 0 spiro atoms. The molecule has 2 aliphatic rings. The fourth-order valence-electron chi connectivity index (χ4n) is 10.8. The molecular weight excluding hydrogens is 1210 g/mol. The van der Waals surface area contributed by atoms with Crippen LogP contribution in [0.5, 0.6) is 17.2 Å². The first-order chi connectivity index (χ1) is 44.3. The number of carbonyl (C=O) groups excluding carboxylic acids is 3. The van der Waals surface area contributed by atoms with Crippen LogP contribution in [0.15, 0.2) is 224 Å². The molecule has 2 fully saturated rings. The molecule has 5 heterocycles. The summed E-state index contributed by atoms with van der Waals surface area (Å²) in [5.41, 5.74) is 1.49. The van der Waals surface area contributed by atoms with Crippen molar-refractivity contribution in [3.8, 4) is 17.2 Å². The largest absolute Gasteiger partial charge is 0.530 e. The first-order valence-electron chi connectivity index (χ1n) is 28.8. The molecule has 10 aromatic rings. The zero-order valence-corrected chi connectivity index (χ0v) is 50.5. The average Bonchev–Trinajstić information content (AvgIpc) is 1.39. The highest BCUT2D eigenvalue weighted by Gasteiger charge is 2.49. The van der Waals surface area contributed by atoms with Crippen LogP contribution in [0.2, 0.25) is 5.02 Å². The van der Waals surface area contributed by atoms with Crippen molar-refractivity contribution in [3.05, 3.63) is 268 Å². The number of methoxy groups -OCH3 is 2. The van der Waals surface area contributed by atoms with Crippen molar-refractivity contribution in [2.75, 3.05) is 38.1 Å². The molecule has 91 heavy (non-hydrogen) atoms. The van der Waals surface area contributed by atoms with Crippen molar-refractivity contribution in [2.24, 2.45) is 0 Å². The van der Waals surface area contributed by atoms with Crippen molar-refractivity contribution in [1.29, 1.82) is 0 Å². The Labute approximate surface area is 526 Å². The summed E-state index contributed by atoms with van der Waals surface area (Å²) in [6.45, 7) is -0.857. The summed E-state index contributed by atoms with van der Waals surface area (Å²) in [5, 5.41) is 5.84. The zero-order chi connectivity index (χ0) is 62.9. The summed E-state index contributed by atoms with van der Waals surface area (Å²) in [6.07, 6.45) is -2.77. The summed E-state index contributed by atoms with van der Waals surface area (Å²) < 4.78 is 76.5. The first-order valence-corrected chi connectivity index (χ1v) is 30.6. The van der Waals surface area contributed by atoms with Crippen LogP contribution in [-0.4, -0.2) is 98.7 Å². The van der Waals surface area contributed by atoms with Crippen LogP contribution >= 0.6 is 19.4 Å². The van der Waals surface area contributed by atoms with Gasteiger partial charge in [-0.05, 0) is 108 Å². The van der Waals surface area contributed by atoms with Gasteiger partial charge >= 0.3 is 19.5 Å². The minimum absolute atomic E-state index is 0.0156. The Morgan fingerprint density at radius 3 is 1.73 bits per heavy atom. The van der Waals surface area contributed by atoms with Crippen LogP contribution < -0.4 is 30.3 Å². The molecule has 7 aromatic carbocycles. The second kappa shape index (κ2) is 27.5. The number of rotatable bonds is 23. The number of carbonyl (C=O) groups is 3. The maximum atomic E-state index is 16.0. The van der Waals surface area contributed by atoms with E-state index in [0.29, 0.717) is 38.8 Å². The Morgan fingerprint density at radius 2 is 1.13 bits per heavy atom. The second-order valence-corrected chi connectivity index (χ2v) is 23.0. The van der Waals surface area contributed by atoms with E-state index in [9.17, 15) is 19.2 Å². The van der Waals surface area contributed by atoms with E-state index in [1.165, 1.54) is 53.8 Å². The SMILES string of the molecule is COc1ccc(C(OC[C@H]2O[C@@H](n3cnc4c(NC(=O)c5ccccc5)ncnc43)C[C@@H]2OP(=O)(OC[C@H]2O[C@@H](n3ccc(NC(=O)c4ccccc4)nc3=O)C[C@@H]2OC(=O)c2ccccc2)Oc2ccc(Cl)cc2)(c2ccccc2)c2ccc(OC)cc2)cc1. The summed E-state index contributed by atoms with van der Waals surface area (Å²) in [7, 11) is -1.81. The second-order valence-electron chi connectivity index (χ2n) is 21.0. The Kier molecular flexibility index (Phi) is 18.5. The van der Waals surface area contributed by atoms with Gasteiger partial charge in [-0.1, -0.05) is 121 Å². The van der Waals surface area contributed by atoms with E-state index < -0.39 is 80.4 Å². The highest BCUT2D eigenvalue weighted by molar-refractivity contribution is 7.49. The van der Waals surface area contributed by atoms with E-state index in [2.05, 4.69) is 30.6 Å². The third-order valence-corrected chi connectivity index (χ3v) is 17.0. The molecule has 2 saturated heterocycles. The molecule has 1 unspecified atom stereocenters. The lowest BCUT2D eigenvalue weighted by atomic mass is 9.80. The van der Waals surface area contributed by atoms with Crippen molar-refractivity contribution in [2.45, 2.75) is 55.3 Å². The molecule has 24 heteroatoms. The molecule has 22 nitrogen and oxygen atoms in total. The Balaban J connectivity index is 0.897. The number of aromatic nitrogens is 6. The quantitative estimate of drug-likeness (QED) is 0.0343. The molecular formula is C67H58ClN8O14P. The standard InChI is InChI=1S/C67H58ClN8O14P/c1-82-50-29-23-47(24-30-50)67(46-21-13-6-14-22-46,48-25-31-51(83-2)32-26-48)84-39-55-54(38-59(86-55)76-42-71-60-61(69-41-70-62(60)76)74-64(78)44-17-9-4-10-18-44)90-91(81,89-52-33-27-49(68)28-34-52)85-40-56-53(88-65(79)45-19-11-5-12-20-45)37-58(87-56)75-36-35-57(73-66(75)80)72-63(77)43-15-7-3-8-16-43/h3-36,41-42,53-56,58-59H,37-40H2,1-2H3,(H,69,70,74,78)(H,72,73,77,80)/t53-,54-,55+,56+,58+,59+,91?/m0/s1. The van der Waals surface area contributed by atoms with Crippen molar-refractivity contribution in [1.82, 2.24) is 29.1 Å². The summed E-state index contributed by atoms with van der Waals surface area (Å²) >= 11 is 6.35. The molecule has 0 aliphatic carbocycles. The molecule has 462 valence electrons. The number of imidazole rings is 1. The van der Waals surface area contributed by atoms with Crippen molar-refractivity contribution in [3.63, 3.8) is 0 Å².